The van der Waals surface area contributed by atoms with Gasteiger partial charge in [-0.3, -0.25) is 10.1 Å². The number of benzene rings is 2. The first kappa shape index (κ1) is 25.5. The number of rotatable bonds is 9. The van der Waals surface area contributed by atoms with Crippen molar-refractivity contribution in [2.75, 3.05) is 18.7 Å². The Hall–Kier alpha value is -2.09. The fourth-order valence-corrected chi connectivity index (χ4v) is 6.76. The van der Waals surface area contributed by atoms with Crippen molar-refractivity contribution in [2.45, 2.75) is 62.6 Å². The molecule has 3 rings (SSSR count). The Labute approximate surface area is 202 Å². The molecule has 0 unspecified atom stereocenters. The monoisotopic (exact) mass is 492 g/mol. The van der Waals surface area contributed by atoms with Crippen molar-refractivity contribution < 1.29 is 17.9 Å². The average Bonchev–Trinajstić information content (AvgIpc) is 2.93. The van der Waals surface area contributed by atoms with Gasteiger partial charge >= 0.3 is 0 Å². The molecule has 2 N–H and O–H groups in total. The van der Waals surface area contributed by atoms with Crippen LogP contribution in [0.15, 0.2) is 47.4 Å². The lowest BCUT2D eigenvalue weighted by Crippen LogP contribution is -2.50. The van der Waals surface area contributed by atoms with Gasteiger partial charge in [0, 0.05) is 17.6 Å². The van der Waals surface area contributed by atoms with Gasteiger partial charge in [-0.15, -0.1) is 11.6 Å². The van der Waals surface area contributed by atoms with Crippen LogP contribution >= 0.6 is 11.6 Å². The summed E-state index contributed by atoms with van der Waals surface area (Å²) in [5.74, 6) is 0.0540. The number of amides is 1. The van der Waals surface area contributed by atoms with E-state index in [2.05, 4.69) is 17.6 Å². The topological polar surface area (TPSA) is 84.5 Å². The van der Waals surface area contributed by atoms with E-state index in [4.69, 9.17) is 16.3 Å². The number of halogens is 1. The van der Waals surface area contributed by atoms with Crippen LogP contribution in [-0.4, -0.2) is 38.6 Å². The van der Waals surface area contributed by atoms with E-state index in [0.29, 0.717) is 23.3 Å². The number of unbranched alkanes of at least 4 members (excludes halogenated alkanes) is 1. The highest BCUT2D eigenvalue weighted by molar-refractivity contribution is 7.91. The Balaban J connectivity index is 2.20. The molecule has 1 amide bonds. The van der Waals surface area contributed by atoms with Crippen LogP contribution in [0.3, 0.4) is 0 Å². The molecule has 0 radical (unpaired) electrons. The molecule has 0 saturated carbocycles. The van der Waals surface area contributed by atoms with Gasteiger partial charge < -0.3 is 10.1 Å². The van der Waals surface area contributed by atoms with Gasteiger partial charge in [0.2, 0.25) is 5.91 Å². The largest absolute Gasteiger partial charge is 0.496 e. The zero-order valence-electron chi connectivity index (χ0n) is 19.5. The Morgan fingerprint density at radius 1 is 1.24 bits per heavy atom. The Bertz CT molecular complexity index is 1080. The number of sulfone groups is 1. The van der Waals surface area contributed by atoms with Gasteiger partial charge in [-0.1, -0.05) is 57.0 Å². The third-order valence-corrected chi connectivity index (χ3v) is 8.59. The second-order valence-electron chi connectivity index (χ2n) is 8.60. The Kier molecular flexibility index (Phi) is 8.43. The standard InChI is InChI=1S/C25H33ClN2O4S/c1-4-6-12-25(5-2)17-33(30,31)22-13-19(16-27-23(29)15-26)21(32-3)14-20(22)24(28-25)18-10-8-7-9-11-18/h7-11,13-14,24,28H,4-6,12,15-17H2,1-3H3,(H,27,29)/t24-,25-/m1/s1. The van der Waals surface area contributed by atoms with Gasteiger partial charge in [-0.05, 0) is 36.1 Å². The first-order valence-electron chi connectivity index (χ1n) is 11.4. The van der Waals surface area contributed by atoms with Crippen LogP contribution < -0.4 is 15.4 Å². The molecular formula is C25H33ClN2O4S. The molecule has 33 heavy (non-hydrogen) atoms. The molecule has 0 spiro atoms. The zero-order chi connectivity index (χ0) is 24.1. The van der Waals surface area contributed by atoms with E-state index in [-0.39, 0.29) is 35.0 Å². The minimum absolute atomic E-state index is 0.0205. The van der Waals surface area contributed by atoms with E-state index in [1.54, 1.807) is 19.2 Å². The van der Waals surface area contributed by atoms with E-state index in [0.717, 1.165) is 24.8 Å². The SMILES string of the molecule is CCCC[C@]1(CC)CS(=O)(=O)c2cc(CNC(=O)CCl)c(OC)cc2[C@@H](c2ccccc2)N1. The number of methoxy groups -OCH3 is 1. The van der Waals surface area contributed by atoms with Crippen molar-refractivity contribution in [1.82, 2.24) is 10.6 Å². The van der Waals surface area contributed by atoms with Crippen molar-refractivity contribution >= 4 is 27.3 Å². The summed E-state index contributed by atoms with van der Waals surface area (Å²) in [6.45, 7) is 4.30. The molecule has 0 bridgehead atoms. The molecule has 6 nitrogen and oxygen atoms in total. The van der Waals surface area contributed by atoms with E-state index in [1.807, 2.05) is 37.3 Å². The number of nitrogens with one attached hydrogen (secondary N) is 2. The predicted octanol–water partition coefficient (Wildman–Crippen LogP) is 4.36. The van der Waals surface area contributed by atoms with Crippen molar-refractivity contribution in [3.05, 3.63) is 59.2 Å². The quantitative estimate of drug-likeness (QED) is 0.508. The second kappa shape index (κ2) is 10.9. The molecule has 2 aromatic carbocycles. The Morgan fingerprint density at radius 2 is 1.97 bits per heavy atom. The van der Waals surface area contributed by atoms with Gasteiger partial charge in [0.25, 0.3) is 0 Å². The van der Waals surface area contributed by atoms with Gasteiger partial charge in [0.05, 0.1) is 23.8 Å². The van der Waals surface area contributed by atoms with Crippen molar-refractivity contribution in [3.8, 4) is 5.75 Å². The maximum Gasteiger partial charge on any atom is 0.235 e. The molecule has 2 aromatic rings. The molecule has 1 aliphatic rings. The molecule has 2 atom stereocenters. The van der Waals surface area contributed by atoms with Gasteiger partial charge in [0.1, 0.15) is 11.6 Å². The summed E-state index contributed by atoms with van der Waals surface area (Å²) in [7, 11) is -2.07. The van der Waals surface area contributed by atoms with Crippen molar-refractivity contribution in [2.24, 2.45) is 0 Å². The summed E-state index contributed by atoms with van der Waals surface area (Å²) in [5, 5.41) is 6.46. The Morgan fingerprint density at radius 3 is 2.58 bits per heavy atom. The van der Waals surface area contributed by atoms with Crippen LogP contribution in [0.1, 0.15) is 62.3 Å². The summed E-state index contributed by atoms with van der Waals surface area (Å²) >= 11 is 5.60. The first-order chi connectivity index (χ1) is 15.8. The van der Waals surface area contributed by atoms with Gasteiger partial charge in [-0.2, -0.15) is 0 Å². The summed E-state index contributed by atoms with van der Waals surface area (Å²) < 4.78 is 33.1. The minimum Gasteiger partial charge on any atom is -0.496 e. The van der Waals surface area contributed by atoms with Crippen LogP contribution in [0.25, 0.3) is 0 Å². The number of hydrogen-bond acceptors (Lipinski definition) is 5. The van der Waals surface area contributed by atoms with Crippen LogP contribution in [0.4, 0.5) is 0 Å². The number of carbonyl (C=O) groups is 1. The van der Waals surface area contributed by atoms with E-state index in [9.17, 15) is 13.2 Å². The lowest BCUT2D eigenvalue weighted by atomic mass is 9.88. The molecule has 0 saturated heterocycles. The van der Waals surface area contributed by atoms with E-state index in [1.165, 1.54) is 0 Å². The normalized spacial score (nSPS) is 21.6. The highest BCUT2D eigenvalue weighted by atomic mass is 35.5. The first-order valence-corrected chi connectivity index (χ1v) is 13.6. The van der Waals surface area contributed by atoms with E-state index >= 15 is 0 Å². The third-order valence-electron chi connectivity index (χ3n) is 6.39. The number of alkyl halides is 1. The smallest absolute Gasteiger partial charge is 0.235 e. The maximum atomic E-state index is 13.8. The lowest BCUT2D eigenvalue weighted by molar-refractivity contribution is -0.118. The second-order valence-corrected chi connectivity index (χ2v) is 10.8. The van der Waals surface area contributed by atoms with Crippen LogP contribution in [-0.2, 0) is 21.2 Å². The number of hydrogen-bond donors (Lipinski definition) is 2. The summed E-state index contributed by atoms with van der Waals surface area (Å²) in [5.41, 5.74) is 1.71. The van der Waals surface area contributed by atoms with Gasteiger partial charge in [-0.25, -0.2) is 8.42 Å². The minimum atomic E-state index is -3.62. The predicted molar refractivity (Wildman–Crippen MR) is 132 cm³/mol. The summed E-state index contributed by atoms with van der Waals surface area (Å²) in [4.78, 5) is 12.0. The summed E-state index contributed by atoms with van der Waals surface area (Å²) in [6.07, 6.45) is 3.39. The zero-order valence-corrected chi connectivity index (χ0v) is 21.1. The number of fused-ring (bicyclic) bond motifs is 1. The highest BCUT2D eigenvalue weighted by Gasteiger charge is 2.42. The van der Waals surface area contributed by atoms with E-state index < -0.39 is 15.4 Å². The lowest BCUT2D eigenvalue weighted by Gasteiger charge is -2.36. The molecule has 0 aliphatic carbocycles. The number of ether oxygens (including phenoxy) is 1. The maximum absolute atomic E-state index is 13.8. The number of carbonyl (C=O) groups excluding carboxylic acids is 1. The fourth-order valence-electron chi connectivity index (χ4n) is 4.50. The molecule has 0 fully saturated rings. The average molecular weight is 493 g/mol. The molecule has 0 aromatic heterocycles. The summed E-state index contributed by atoms with van der Waals surface area (Å²) in [6, 6.07) is 13.0. The van der Waals surface area contributed by atoms with Crippen molar-refractivity contribution in [3.63, 3.8) is 0 Å². The van der Waals surface area contributed by atoms with Gasteiger partial charge in [0.15, 0.2) is 9.84 Å². The van der Waals surface area contributed by atoms with Crippen LogP contribution in [0, 0.1) is 0 Å². The van der Waals surface area contributed by atoms with Crippen molar-refractivity contribution in [1.29, 1.82) is 0 Å². The molecule has 1 aliphatic heterocycles. The third kappa shape index (κ3) is 5.70. The van der Waals surface area contributed by atoms with Crippen LogP contribution in [0.2, 0.25) is 0 Å². The van der Waals surface area contributed by atoms with Crippen LogP contribution in [0.5, 0.6) is 5.75 Å². The fraction of sp³-hybridized carbons (Fsp3) is 0.480. The highest BCUT2D eigenvalue weighted by Crippen LogP contribution is 2.40. The molecule has 1 heterocycles. The molecule has 8 heteroatoms. The molecular weight excluding hydrogens is 460 g/mol. The molecule has 180 valence electrons.